The van der Waals surface area contributed by atoms with Crippen molar-refractivity contribution in [3.63, 3.8) is 0 Å². The van der Waals surface area contributed by atoms with Crippen molar-refractivity contribution in [2.24, 2.45) is 0 Å². The molecule has 5 heterocycles. The van der Waals surface area contributed by atoms with Gasteiger partial charge in [0.05, 0.1) is 31.1 Å². The Hall–Kier alpha value is -1.67. The summed E-state index contributed by atoms with van der Waals surface area (Å²) in [5.74, 6) is 0.971. The van der Waals surface area contributed by atoms with Crippen molar-refractivity contribution in [2.75, 3.05) is 53.5 Å². The number of pyridine rings is 1. The van der Waals surface area contributed by atoms with Crippen molar-refractivity contribution in [3.05, 3.63) is 35.3 Å². The Kier molecular flexibility index (Phi) is 4.55. The maximum absolute atomic E-state index is 5.98. The molecule has 0 N–H and O–H groups in total. The number of aromatic nitrogens is 1. The van der Waals surface area contributed by atoms with E-state index in [9.17, 15) is 0 Å². The van der Waals surface area contributed by atoms with E-state index in [1.165, 1.54) is 11.3 Å². The lowest BCUT2D eigenvalue weighted by Gasteiger charge is -2.40. The standard InChI is InChI=1S/C20H29N5O2/c1-22-7-9-27-20(22)18-11-17-14-24(5-6-25(17)23(18)2)13-16-10-15-4-3-8-26-19(15)12-21-16/h10-12,18,20H,3-9,13-14H2,1-2H3. The first-order chi connectivity index (χ1) is 13.2. The number of hydrogen-bond donors (Lipinski definition) is 0. The molecule has 146 valence electrons. The third kappa shape index (κ3) is 3.23. The van der Waals surface area contributed by atoms with Gasteiger partial charge >= 0.3 is 0 Å². The molecule has 0 aromatic carbocycles. The number of hydrazine groups is 1. The Bertz CT molecular complexity index is 739. The van der Waals surface area contributed by atoms with Crippen LogP contribution in [0.1, 0.15) is 17.7 Å². The molecule has 0 aliphatic carbocycles. The molecule has 1 aromatic rings. The molecule has 0 spiro atoms. The highest BCUT2D eigenvalue weighted by Crippen LogP contribution is 2.30. The minimum Gasteiger partial charge on any atom is -0.492 e. The molecular weight excluding hydrogens is 342 g/mol. The molecule has 7 nitrogen and oxygen atoms in total. The summed E-state index contributed by atoms with van der Waals surface area (Å²) in [7, 11) is 4.34. The topological polar surface area (TPSA) is 44.3 Å². The molecule has 2 fully saturated rings. The average molecular weight is 371 g/mol. The summed E-state index contributed by atoms with van der Waals surface area (Å²) in [6.07, 6.45) is 6.67. The first-order valence-corrected chi connectivity index (χ1v) is 10.0. The van der Waals surface area contributed by atoms with Gasteiger partial charge < -0.3 is 14.5 Å². The van der Waals surface area contributed by atoms with Crippen LogP contribution in [0.5, 0.6) is 5.75 Å². The zero-order valence-corrected chi connectivity index (χ0v) is 16.3. The molecule has 7 heteroatoms. The normalized spacial score (nSPS) is 29.4. The molecule has 0 amide bonds. The van der Waals surface area contributed by atoms with Gasteiger partial charge in [-0.05, 0) is 37.6 Å². The molecule has 27 heavy (non-hydrogen) atoms. The van der Waals surface area contributed by atoms with Crippen molar-refractivity contribution >= 4 is 0 Å². The van der Waals surface area contributed by atoms with Crippen LogP contribution < -0.4 is 4.74 Å². The summed E-state index contributed by atoms with van der Waals surface area (Å²) in [4.78, 5) is 9.45. The fourth-order valence-corrected chi connectivity index (χ4v) is 4.69. The monoisotopic (exact) mass is 371 g/mol. The van der Waals surface area contributed by atoms with Gasteiger partial charge in [-0.1, -0.05) is 0 Å². The molecule has 2 atom stereocenters. The van der Waals surface area contributed by atoms with E-state index in [1.807, 2.05) is 6.20 Å². The van der Waals surface area contributed by atoms with Crippen LogP contribution in [-0.2, 0) is 17.7 Å². The highest BCUT2D eigenvalue weighted by molar-refractivity contribution is 5.34. The molecule has 1 aromatic heterocycles. The van der Waals surface area contributed by atoms with Crippen molar-refractivity contribution in [2.45, 2.75) is 31.7 Å². The number of fused-ring (bicyclic) bond motifs is 2. The quantitative estimate of drug-likeness (QED) is 0.783. The van der Waals surface area contributed by atoms with Crippen molar-refractivity contribution in [1.82, 2.24) is 24.8 Å². The van der Waals surface area contributed by atoms with Crippen LogP contribution in [0.4, 0.5) is 0 Å². The molecule has 4 aliphatic rings. The first-order valence-electron chi connectivity index (χ1n) is 10.0. The largest absolute Gasteiger partial charge is 0.492 e. The van der Waals surface area contributed by atoms with Crippen LogP contribution in [0.3, 0.4) is 0 Å². The second-order valence-electron chi connectivity index (χ2n) is 8.03. The summed E-state index contributed by atoms with van der Waals surface area (Å²) in [5.41, 5.74) is 3.85. The highest BCUT2D eigenvalue weighted by Gasteiger charge is 2.40. The van der Waals surface area contributed by atoms with E-state index in [4.69, 9.17) is 9.47 Å². The third-order valence-corrected chi connectivity index (χ3v) is 6.22. The zero-order valence-electron chi connectivity index (χ0n) is 16.3. The lowest BCUT2D eigenvalue weighted by atomic mass is 10.1. The van der Waals surface area contributed by atoms with Gasteiger partial charge in [-0.25, -0.2) is 5.01 Å². The average Bonchev–Trinajstić information content (AvgIpc) is 3.24. The van der Waals surface area contributed by atoms with E-state index in [2.05, 4.69) is 51.0 Å². The van der Waals surface area contributed by atoms with E-state index in [0.717, 1.165) is 70.2 Å². The Labute approximate surface area is 161 Å². The first kappa shape index (κ1) is 17.4. The second-order valence-corrected chi connectivity index (χ2v) is 8.03. The Balaban J connectivity index is 1.27. The molecular formula is C20H29N5O2. The Morgan fingerprint density at radius 1 is 1.19 bits per heavy atom. The number of likely N-dealkylation sites (N-methyl/N-ethyl adjacent to an activating group) is 2. The number of ether oxygens (including phenoxy) is 2. The third-order valence-electron chi connectivity index (χ3n) is 6.22. The van der Waals surface area contributed by atoms with Gasteiger partial charge in [0.2, 0.25) is 0 Å². The SMILES string of the molecule is CN1CCOC1C1C=C2CN(Cc3cc4c(cn3)OCCC4)CCN2N1C. The maximum Gasteiger partial charge on any atom is 0.140 e. The highest BCUT2D eigenvalue weighted by atomic mass is 16.5. The van der Waals surface area contributed by atoms with Gasteiger partial charge in [0, 0.05) is 45.5 Å². The fourth-order valence-electron chi connectivity index (χ4n) is 4.69. The van der Waals surface area contributed by atoms with Crippen LogP contribution in [0.25, 0.3) is 0 Å². The second kappa shape index (κ2) is 7.05. The summed E-state index contributed by atoms with van der Waals surface area (Å²) in [6, 6.07) is 2.53. The Morgan fingerprint density at radius 3 is 2.96 bits per heavy atom. The predicted molar refractivity (Wildman–Crippen MR) is 102 cm³/mol. The van der Waals surface area contributed by atoms with E-state index in [0.29, 0.717) is 6.04 Å². The van der Waals surface area contributed by atoms with E-state index >= 15 is 0 Å². The molecule has 5 rings (SSSR count). The van der Waals surface area contributed by atoms with Crippen molar-refractivity contribution in [3.8, 4) is 5.75 Å². The van der Waals surface area contributed by atoms with Crippen LogP contribution in [0, 0.1) is 0 Å². The number of nitrogens with zero attached hydrogens (tertiary/aromatic N) is 5. The van der Waals surface area contributed by atoms with Gasteiger partial charge in [-0.15, -0.1) is 0 Å². The number of aryl methyl sites for hydroxylation is 1. The summed E-state index contributed by atoms with van der Waals surface area (Å²) in [5, 5.41) is 4.78. The molecule has 4 aliphatic heterocycles. The summed E-state index contributed by atoms with van der Waals surface area (Å²) < 4.78 is 11.7. The lowest BCUT2D eigenvalue weighted by molar-refractivity contribution is -0.0699. The fraction of sp³-hybridized carbons (Fsp3) is 0.650. The minimum atomic E-state index is 0.156. The van der Waals surface area contributed by atoms with Crippen LogP contribution >= 0.6 is 0 Å². The van der Waals surface area contributed by atoms with Gasteiger partial charge in [-0.2, -0.15) is 0 Å². The van der Waals surface area contributed by atoms with Crippen molar-refractivity contribution in [1.29, 1.82) is 0 Å². The minimum absolute atomic E-state index is 0.156. The lowest BCUT2D eigenvalue weighted by Crippen LogP contribution is -2.52. The van der Waals surface area contributed by atoms with E-state index in [1.54, 1.807) is 0 Å². The van der Waals surface area contributed by atoms with E-state index < -0.39 is 0 Å². The summed E-state index contributed by atoms with van der Waals surface area (Å²) >= 11 is 0. The summed E-state index contributed by atoms with van der Waals surface area (Å²) in [6.45, 7) is 6.58. The van der Waals surface area contributed by atoms with Crippen LogP contribution in [-0.4, -0.2) is 90.6 Å². The van der Waals surface area contributed by atoms with Gasteiger partial charge in [0.25, 0.3) is 0 Å². The molecule has 2 unspecified atom stereocenters. The number of rotatable bonds is 3. The van der Waals surface area contributed by atoms with Gasteiger partial charge in [0.15, 0.2) is 0 Å². The Morgan fingerprint density at radius 2 is 2.11 bits per heavy atom. The van der Waals surface area contributed by atoms with Gasteiger partial charge in [-0.3, -0.25) is 14.8 Å². The number of piperazine rings is 1. The smallest absolute Gasteiger partial charge is 0.140 e. The van der Waals surface area contributed by atoms with Crippen LogP contribution in [0.2, 0.25) is 0 Å². The van der Waals surface area contributed by atoms with Crippen molar-refractivity contribution < 1.29 is 9.47 Å². The maximum atomic E-state index is 5.98. The molecule has 2 saturated heterocycles. The predicted octanol–water partition coefficient (Wildman–Crippen LogP) is 0.925. The molecule has 0 saturated carbocycles. The van der Waals surface area contributed by atoms with E-state index in [-0.39, 0.29) is 6.23 Å². The zero-order chi connectivity index (χ0) is 18.4. The number of hydrogen-bond acceptors (Lipinski definition) is 7. The van der Waals surface area contributed by atoms with Gasteiger partial charge in [0.1, 0.15) is 12.0 Å². The molecule has 0 bridgehead atoms. The van der Waals surface area contributed by atoms with Crippen LogP contribution in [0.15, 0.2) is 24.0 Å². The molecule has 0 radical (unpaired) electrons.